The number of carbonyl (C=O) groups is 1. The lowest BCUT2D eigenvalue weighted by atomic mass is 9.70. The van der Waals surface area contributed by atoms with Gasteiger partial charge in [-0.05, 0) is 57.3 Å². The molecule has 1 heterocycles. The van der Waals surface area contributed by atoms with Gasteiger partial charge in [-0.1, -0.05) is 0 Å². The van der Waals surface area contributed by atoms with Gasteiger partial charge in [-0.2, -0.15) is 5.26 Å². The molecule has 1 aliphatic carbocycles. The van der Waals surface area contributed by atoms with Crippen LogP contribution in [0.5, 0.6) is 0 Å². The SMILES string of the molecule is CCOP(=O)(C[C@H]1CC[C@H]2CN(C(=O)OC)C(C#N)C[C@H]2C1)OCC. The quantitative estimate of drug-likeness (QED) is 0.661. The molecule has 8 heteroatoms. The molecule has 0 aromatic rings. The summed E-state index contributed by atoms with van der Waals surface area (Å²) >= 11 is 0. The Balaban J connectivity index is 2.00. The molecule has 0 N–H and O–H groups in total. The van der Waals surface area contributed by atoms with Gasteiger partial charge in [-0.25, -0.2) is 4.79 Å². The maximum absolute atomic E-state index is 12.8. The van der Waals surface area contributed by atoms with Gasteiger partial charge >= 0.3 is 13.7 Å². The van der Waals surface area contributed by atoms with Gasteiger partial charge in [0.25, 0.3) is 0 Å². The van der Waals surface area contributed by atoms with Crippen molar-refractivity contribution in [1.82, 2.24) is 4.90 Å². The molecule has 2 rings (SSSR count). The number of hydrogen-bond donors (Lipinski definition) is 0. The number of rotatable bonds is 6. The zero-order chi connectivity index (χ0) is 18.4. The van der Waals surface area contributed by atoms with E-state index >= 15 is 0 Å². The van der Waals surface area contributed by atoms with Gasteiger partial charge < -0.3 is 13.8 Å². The van der Waals surface area contributed by atoms with E-state index in [0.29, 0.717) is 44.2 Å². The van der Waals surface area contributed by atoms with E-state index in [-0.39, 0.29) is 5.92 Å². The third kappa shape index (κ3) is 4.97. The van der Waals surface area contributed by atoms with Crippen molar-refractivity contribution in [2.45, 2.75) is 45.6 Å². The first-order valence-electron chi connectivity index (χ1n) is 9.08. The number of amides is 1. The fraction of sp³-hybridized carbons (Fsp3) is 0.882. The summed E-state index contributed by atoms with van der Waals surface area (Å²) in [4.78, 5) is 13.4. The van der Waals surface area contributed by atoms with Crippen molar-refractivity contribution in [3.63, 3.8) is 0 Å². The highest BCUT2D eigenvalue weighted by molar-refractivity contribution is 7.53. The van der Waals surface area contributed by atoms with Crippen LogP contribution < -0.4 is 0 Å². The predicted molar refractivity (Wildman–Crippen MR) is 93.2 cm³/mol. The number of piperidine rings is 1. The predicted octanol–water partition coefficient (Wildman–Crippen LogP) is 3.65. The van der Waals surface area contributed by atoms with Gasteiger partial charge in [0.15, 0.2) is 0 Å². The molecule has 25 heavy (non-hydrogen) atoms. The van der Waals surface area contributed by atoms with Crippen LogP contribution in [0.2, 0.25) is 0 Å². The summed E-state index contributed by atoms with van der Waals surface area (Å²) in [6.45, 7) is 4.96. The van der Waals surface area contributed by atoms with Crippen molar-refractivity contribution < 1.29 is 23.1 Å². The number of likely N-dealkylation sites (tertiary alicyclic amines) is 1. The second-order valence-corrected chi connectivity index (χ2v) is 8.93. The summed E-state index contributed by atoms with van der Waals surface area (Å²) in [5, 5.41) is 9.40. The average Bonchev–Trinajstić information content (AvgIpc) is 2.60. The molecule has 1 saturated carbocycles. The second kappa shape index (κ2) is 9.02. The number of ether oxygens (including phenoxy) is 1. The van der Waals surface area contributed by atoms with Gasteiger partial charge in [0.1, 0.15) is 6.04 Å². The number of nitrogens with zero attached hydrogens (tertiary/aromatic N) is 2. The number of methoxy groups -OCH3 is 1. The molecule has 1 amide bonds. The molecule has 1 unspecified atom stereocenters. The largest absolute Gasteiger partial charge is 0.453 e. The lowest BCUT2D eigenvalue weighted by Crippen LogP contribution is -2.51. The van der Waals surface area contributed by atoms with Crippen LogP contribution in [0.4, 0.5) is 4.79 Å². The van der Waals surface area contributed by atoms with Crippen LogP contribution in [-0.2, 0) is 18.3 Å². The lowest BCUT2D eigenvalue weighted by Gasteiger charge is -2.45. The van der Waals surface area contributed by atoms with Crippen LogP contribution >= 0.6 is 7.60 Å². The molecule has 2 fully saturated rings. The minimum Gasteiger partial charge on any atom is -0.453 e. The Morgan fingerprint density at radius 1 is 1.20 bits per heavy atom. The van der Waals surface area contributed by atoms with Gasteiger partial charge in [0.05, 0.1) is 32.6 Å². The van der Waals surface area contributed by atoms with E-state index in [1.807, 2.05) is 13.8 Å². The standard InChI is InChI=1S/C17H29N2O5P/c1-4-23-25(21,24-5-2)12-13-6-7-14-11-19(17(20)22-3)16(10-18)9-15(14)8-13/h13-16H,4-9,11-12H2,1-3H3/t13-,14-,15+,16?/m0/s1. The number of hydrogen-bond acceptors (Lipinski definition) is 6. The van der Waals surface area contributed by atoms with Crippen LogP contribution in [0, 0.1) is 29.1 Å². The smallest absolute Gasteiger partial charge is 0.410 e. The van der Waals surface area contributed by atoms with E-state index in [1.54, 1.807) is 4.90 Å². The Morgan fingerprint density at radius 3 is 2.44 bits per heavy atom. The van der Waals surface area contributed by atoms with Crippen molar-refractivity contribution in [2.24, 2.45) is 17.8 Å². The van der Waals surface area contributed by atoms with E-state index in [0.717, 1.165) is 19.3 Å². The summed E-state index contributed by atoms with van der Waals surface area (Å²) < 4.78 is 28.4. The molecular formula is C17H29N2O5P. The van der Waals surface area contributed by atoms with Crippen molar-refractivity contribution in [3.05, 3.63) is 0 Å². The zero-order valence-corrected chi connectivity index (χ0v) is 16.2. The minimum absolute atomic E-state index is 0.272. The molecule has 142 valence electrons. The fourth-order valence-electron chi connectivity index (χ4n) is 4.21. The monoisotopic (exact) mass is 372 g/mol. The highest BCUT2D eigenvalue weighted by Crippen LogP contribution is 2.53. The fourth-order valence-corrected chi connectivity index (χ4v) is 6.24. The average molecular weight is 372 g/mol. The van der Waals surface area contributed by atoms with E-state index in [4.69, 9.17) is 13.8 Å². The van der Waals surface area contributed by atoms with Crippen molar-refractivity contribution in [3.8, 4) is 6.07 Å². The molecule has 2 aliphatic rings. The molecule has 0 bridgehead atoms. The van der Waals surface area contributed by atoms with Gasteiger partial charge in [0.2, 0.25) is 0 Å². The van der Waals surface area contributed by atoms with Crippen molar-refractivity contribution in [2.75, 3.05) is 33.0 Å². The first-order chi connectivity index (χ1) is 12.0. The Hall–Kier alpha value is -1.09. The molecular weight excluding hydrogens is 343 g/mol. The summed E-state index contributed by atoms with van der Waals surface area (Å²) in [5.74, 6) is 1.01. The van der Waals surface area contributed by atoms with Crippen LogP contribution in [0.15, 0.2) is 0 Å². The number of fused-ring (bicyclic) bond motifs is 1. The molecule has 0 aromatic carbocycles. The van der Waals surface area contributed by atoms with Gasteiger partial charge in [-0.15, -0.1) is 0 Å². The van der Waals surface area contributed by atoms with Crippen LogP contribution in [0.25, 0.3) is 0 Å². The van der Waals surface area contributed by atoms with E-state index in [9.17, 15) is 14.6 Å². The molecule has 4 atom stereocenters. The Labute approximate surface area is 150 Å². The van der Waals surface area contributed by atoms with Crippen LogP contribution in [-0.4, -0.2) is 50.1 Å². The van der Waals surface area contributed by atoms with Gasteiger partial charge in [-0.3, -0.25) is 9.46 Å². The molecule has 0 radical (unpaired) electrons. The molecule has 1 aliphatic heterocycles. The lowest BCUT2D eigenvalue weighted by molar-refractivity contribution is 0.0385. The molecule has 7 nitrogen and oxygen atoms in total. The number of carbonyl (C=O) groups excluding carboxylic acids is 1. The van der Waals surface area contributed by atoms with Crippen LogP contribution in [0.3, 0.4) is 0 Å². The highest BCUT2D eigenvalue weighted by atomic mass is 31.2. The third-order valence-corrected chi connectivity index (χ3v) is 7.54. The highest BCUT2D eigenvalue weighted by Gasteiger charge is 2.43. The summed E-state index contributed by atoms with van der Waals surface area (Å²) in [6, 6.07) is 1.78. The topological polar surface area (TPSA) is 88.9 Å². The van der Waals surface area contributed by atoms with Crippen molar-refractivity contribution >= 4 is 13.7 Å². The van der Waals surface area contributed by atoms with E-state index < -0.39 is 19.7 Å². The summed E-state index contributed by atoms with van der Waals surface area (Å²) in [5.41, 5.74) is 0. The minimum atomic E-state index is -3.04. The first kappa shape index (κ1) is 20.2. The molecule has 0 aromatic heterocycles. The summed E-state index contributed by atoms with van der Waals surface area (Å²) in [7, 11) is -1.69. The Kier molecular flexibility index (Phi) is 7.30. The first-order valence-corrected chi connectivity index (χ1v) is 10.8. The van der Waals surface area contributed by atoms with Crippen LogP contribution in [0.1, 0.15) is 39.5 Å². The normalized spacial score (nSPS) is 29.6. The Bertz CT molecular complexity index is 540. The summed E-state index contributed by atoms with van der Waals surface area (Å²) in [6.07, 6.45) is 3.47. The van der Waals surface area contributed by atoms with Gasteiger partial charge in [0, 0.05) is 6.54 Å². The molecule has 0 spiro atoms. The van der Waals surface area contributed by atoms with Crippen molar-refractivity contribution in [1.29, 1.82) is 5.26 Å². The maximum atomic E-state index is 12.8. The second-order valence-electron chi connectivity index (χ2n) is 6.83. The van der Waals surface area contributed by atoms with E-state index in [2.05, 4.69) is 6.07 Å². The maximum Gasteiger partial charge on any atom is 0.410 e. The molecule has 1 saturated heterocycles. The Morgan fingerprint density at radius 2 is 1.88 bits per heavy atom. The zero-order valence-electron chi connectivity index (χ0n) is 15.3. The number of nitriles is 1. The third-order valence-electron chi connectivity index (χ3n) is 5.27. The van der Waals surface area contributed by atoms with E-state index in [1.165, 1.54) is 7.11 Å².